The first-order chi connectivity index (χ1) is 8.39. The average molecular weight is 260 g/mol. The molecule has 0 saturated carbocycles. The van der Waals surface area contributed by atoms with Crippen LogP contribution in [0, 0.1) is 0 Å². The Hall–Kier alpha value is -1.91. The van der Waals surface area contributed by atoms with Crippen LogP contribution in [0.2, 0.25) is 0 Å². The minimum atomic E-state index is -4.70. The number of ether oxygens (including phenoxy) is 2. The Morgan fingerprint density at radius 1 is 1.33 bits per heavy atom. The molecule has 0 aromatic rings. The highest BCUT2D eigenvalue weighted by molar-refractivity contribution is 5.18. The third-order valence-electron chi connectivity index (χ3n) is 1.55. The van der Waals surface area contributed by atoms with E-state index in [9.17, 15) is 13.2 Å². The molecule has 0 radical (unpaired) electrons. The van der Waals surface area contributed by atoms with Crippen molar-refractivity contribution in [2.75, 3.05) is 6.61 Å². The molecular formula is C13H15F3O2. The van der Waals surface area contributed by atoms with Crippen molar-refractivity contribution in [3.8, 4) is 0 Å². The first kappa shape index (κ1) is 16.1. The van der Waals surface area contributed by atoms with Gasteiger partial charge < -0.3 is 9.47 Å². The van der Waals surface area contributed by atoms with Crippen LogP contribution in [-0.4, -0.2) is 13.0 Å². The van der Waals surface area contributed by atoms with E-state index in [0.29, 0.717) is 5.76 Å². The van der Waals surface area contributed by atoms with Gasteiger partial charge in [0, 0.05) is 0 Å². The van der Waals surface area contributed by atoms with Gasteiger partial charge in [0.25, 0.3) is 0 Å². The third-order valence-corrected chi connectivity index (χ3v) is 1.55. The van der Waals surface area contributed by atoms with E-state index in [1.54, 1.807) is 6.92 Å². The molecule has 0 heterocycles. The fourth-order valence-electron chi connectivity index (χ4n) is 0.854. The van der Waals surface area contributed by atoms with Crippen LogP contribution in [-0.2, 0) is 9.47 Å². The molecule has 0 saturated heterocycles. The minimum absolute atomic E-state index is 0.191. The summed E-state index contributed by atoms with van der Waals surface area (Å²) in [6.45, 7) is 8.73. The first-order valence-corrected chi connectivity index (χ1v) is 5.08. The van der Waals surface area contributed by atoms with Gasteiger partial charge in [-0.3, -0.25) is 0 Å². The molecule has 18 heavy (non-hydrogen) atoms. The second-order valence-electron chi connectivity index (χ2n) is 3.03. The molecule has 0 aliphatic rings. The van der Waals surface area contributed by atoms with E-state index in [-0.39, 0.29) is 12.4 Å². The van der Waals surface area contributed by atoms with Crippen LogP contribution in [0.4, 0.5) is 13.2 Å². The van der Waals surface area contributed by atoms with Crippen LogP contribution in [0.1, 0.15) is 6.92 Å². The van der Waals surface area contributed by atoms with Crippen LogP contribution in [0.3, 0.4) is 0 Å². The van der Waals surface area contributed by atoms with Gasteiger partial charge in [-0.05, 0) is 31.2 Å². The number of alkyl halides is 3. The van der Waals surface area contributed by atoms with Gasteiger partial charge >= 0.3 is 6.36 Å². The SMILES string of the molecule is C=CC(=C)OC/C=C/C=C(\C=C/C)OC(F)(F)F. The van der Waals surface area contributed by atoms with E-state index < -0.39 is 6.36 Å². The maximum atomic E-state index is 12.0. The molecule has 0 atom stereocenters. The average Bonchev–Trinajstić information content (AvgIpc) is 2.26. The monoisotopic (exact) mass is 260 g/mol. The van der Waals surface area contributed by atoms with E-state index >= 15 is 0 Å². The highest BCUT2D eigenvalue weighted by atomic mass is 19.4. The largest absolute Gasteiger partial charge is 0.573 e. The summed E-state index contributed by atoms with van der Waals surface area (Å²) in [5.74, 6) is 0.0904. The Morgan fingerprint density at radius 2 is 2.00 bits per heavy atom. The Kier molecular flexibility index (Phi) is 7.35. The molecule has 0 fully saturated rings. The molecule has 0 aromatic carbocycles. The molecule has 0 unspecified atom stereocenters. The molecule has 0 N–H and O–H groups in total. The number of hydrogen-bond donors (Lipinski definition) is 0. The number of allylic oxidation sites excluding steroid dienone is 5. The zero-order valence-corrected chi connectivity index (χ0v) is 10.0. The summed E-state index contributed by atoms with van der Waals surface area (Å²) in [5, 5.41) is 0. The summed E-state index contributed by atoms with van der Waals surface area (Å²) in [4.78, 5) is 0. The molecule has 0 bridgehead atoms. The van der Waals surface area contributed by atoms with Crippen molar-refractivity contribution in [1.82, 2.24) is 0 Å². The van der Waals surface area contributed by atoms with E-state index in [4.69, 9.17) is 4.74 Å². The summed E-state index contributed by atoms with van der Waals surface area (Å²) >= 11 is 0. The molecule has 0 aromatic heterocycles. The highest BCUT2D eigenvalue weighted by Crippen LogP contribution is 2.21. The molecule has 5 heteroatoms. The van der Waals surface area contributed by atoms with Crippen molar-refractivity contribution in [2.45, 2.75) is 13.3 Å². The van der Waals surface area contributed by atoms with E-state index in [2.05, 4.69) is 17.9 Å². The summed E-state index contributed by atoms with van der Waals surface area (Å²) in [5.41, 5.74) is 0. The fourth-order valence-corrected chi connectivity index (χ4v) is 0.854. The van der Waals surface area contributed by atoms with Gasteiger partial charge in [0.05, 0.1) is 0 Å². The summed E-state index contributed by atoms with van der Waals surface area (Å²) in [7, 11) is 0. The van der Waals surface area contributed by atoms with Crippen LogP contribution in [0.25, 0.3) is 0 Å². The summed E-state index contributed by atoms with van der Waals surface area (Å²) in [6, 6.07) is 0. The first-order valence-electron chi connectivity index (χ1n) is 5.08. The van der Waals surface area contributed by atoms with Crippen molar-refractivity contribution in [3.05, 3.63) is 61.1 Å². The molecule has 0 aliphatic heterocycles. The van der Waals surface area contributed by atoms with E-state index in [0.717, 1.165) is 0 Å². The number of hydrogen-bond acceptors (Lipinski definition) is 2. The van der Waals surface area contributed by atoms with E-state index in [1.807, 2.05) is 0 Å². The lowest BCUT2D eigenvalue weighted by molar-refractivity contribution is -0.303. The van der Waals surface area contributed by atoms with Gasteiger partial charge in [-0.15, -0.1) is 13.2 Å². The molecule has 0 rings (SSSR count). The Morgan fingerprint density at radius 3 is 2.50 bits per heavy atom. The predicted octanol–water partition coefficient (Wildman–Crippen LogP) is 4.26. The summed E-state index contributed by atoms with van der Waals surface area (Å²) < 4.78 is 44.8. The second kappa shape index (κ2) is 8.22. The third kappa shape index (κ3) is 9.33. The maximum Gasteiger partial charge on any atom is 0.573 e. The van der Waals surface area contributed by atoms with E-state index in [1.165, 1.54) is 36.5 Å². The highest BCUT2D eigenvalue weighted by Gasteiger charge is 2.31. The van der Waals surface area contributed by atoms with Gasteiger partial charge in [0.2, 0.25) is 0 Å². The molecule has 0 amide bonds. The fraction of sp³-hybridized carbons (Fsp3) is 0.231. The minimum Gasteiger partial charge on any atom is -0.490 e. The zero-order valence-electron chi connectivity index (χ0n) is 10.0. The van der Waals surface area contributed by atoms with Gasteiger partial charge in [-0.2, -0.15) is 0 Å². The topological polar surface area (TPSA) is 18.5 Å². The van der Waals surface area contributed by atoms with Crippen LogP contribution >= 0.6 is 0 Å². The molecule has 0 spiro atoms. The predicted molar refractivity (Wildman–Crippen MR) is 64.5 cm³/mol. The van der Waals surface area contributed by atoms with Gasteiger partial charge in [0.1, 0.15) is 18.1 Å². The lowest BCUT2D eigenvalue weighted by Gasteiger charge is -2.08. The normalized spacial score (nSPS) is 13.0. The van der Waals surface area contributed by atoms with Gasteiger partial charge in [-0.1, -0.05) is 25.3 Å². The smallest absolute Gasteiger partial charge is 0.490 e. The summed E-state index contributed by atoms with van der Waals surface area (Å²) in [6.07, 6.45) is 3.50. The van der Waals surface area contributed by atoms with Crippen LogP contribution < -0.4 is 0 Å². The van der Waals surface area contributed by atoms with Crippen molar-refractivity contribution < 1.29 is 22.6 Å². The van der Waals surface area contributed by atoms with Gasteiger partial charge in [0.15, 0.2) is 0 Å². The van der Waals surface area contributed by atoms with Crippen molar-refractivity contribution in [1.29, 1.82) is 0 Å². The van der Waals surface area contributed by atoms with Crippen LogP contribution in [0.15, 0.2) is 61.1 Å². The standard InChI is InChI=1S/C13H15F3O2/c1-4-8-12(18-13(14,15)16)9-6-7-10-17-11(3)5-2/h4-9H,2-3,10H2,1H3/b7-6+,8-4-,12-9+. The second-order valence-corrected chi connectivity index (χ2v) is 3.03. The lowest BCUT2D eigenvalue weighted by Crippen LogP contribution is -2.11. The maximum absolute atomic E-state index is 12.0. The Bertz CT molecular complexity index is 363. The van der Waals surface area contributed by atoms with Crippen molar-refractivity contribution in [2.24, 2.45) is 0 Å². The Labute approximate surface area is 104 Å². The number of halogens is 3. The van der Waals surface area contributed by atoms with Gasteiger partial charge in [-0.25, -0.2) is 0 Å². The quantitative estimate of drug-likeness (QED) is 0.503. The van der Waals surface area contributed by atoms with Crippen LogP contribution in [0.5, 0.6) is 0 Å². The Balaban J connectivity index is 4.36. The van der Waals surface area contributed by atoms with Crippen molar-refractivity contribution in [3.63, 3.8) is 0 Å². The lowest BCUT2D eigenvalue weighted by atomic mass is 10.3. The zero-order chi connectivity index (χ0) is 14.0. The molecule has 0 aliphatic carbocycles. The molecular weight excluding hydrogens is 245 g/mol. The van der Waals surface area contributed by atoms with Crippen molar-refractivity contribution >= 4 is 0 Å². The molecule has 100 valence electrons. The number of rotatable bonds is 7. The molecule has 2 nitrogen and oxygen atoms in total.